The Labute approximate surface area is 109 Å². The van der Waals surface area contributed by atoms with Gasteiger partial charge in [0.2, 0.25) is 5.91 Å². The number of fused-ring (bicyclic) bond motifs is 1. The van der Waals surface area contributed by atoms with Gasteiger partial charge in [-0.25, -0.2) is 9.97 Å². The van der Waals surface area contributed by atoms with E-state index in [1.54, 1.807) is 16.2 Å². The SMILES string of the molecule is O=C1CCCN1CC#Cc1ncnc2ccsc12. The number of thiophene rings is 1. The first-order chi connectivity index (χ1) is 8.84. The Morgan fingerprint density at radius 3 is 3.22 bits per heavy atom. The van der Waals surface area contributed by atoms with Gasteiger partial charge in [-0.1, -0.05) is 5.92 Å². The van der Waals surface area contributed by atoms with E-state index in [0.29, 0.717) is 13.0 Å². The smallest absolute Gasteiger partial charge is 0.223 e. The second-order valence-electron chi connectivity index (χ2n) is 4.08. The van der Waals surface area contributed by atoms with Gasteiger partial charge in [0.25, 0.3) is 0 Å². The van der Waals surface area contributed by atoms with E-state index in [-0.39, 0.29) is 5.91 Å². The lowest BCUT2D eigenvalue weighted by atomic mass is 10.3. The maximum absolute atomic E-state index is 11.4. The molecule has 0 saturated carbocycles. The molecule has 0 aliphatic carbocycles. The van der Waals surface area contributed by atoms with Crippen LogP contribution in [-0.2, 0) is 4.79 Å². The second-order valence-corrected chi connectivity index (χ2v) is 4.99. The summed E-state index contributed by atoms with van der Waals surface area (Å²) in [5.74, 6) is 6.27. The van der Waals surface area contributed by atoms with E-state index in [9.17, 15) is 4.79 Å². The zero-order chi connectivity index (χ0) is 12.4. The van der Waals surface area contributed by atoms with Crippen LogP contribution < -0.4 is 0 Å². The normalized spacial score (nSPS) is 14.9. The molecule has 0 atom stereocenters. The number of amides is 1. The van der Waals surface area contributed by atoms with Gasteiger partial charge in [-0.3, -0.25) is 4.79 Å². The Morgan fingerprint density at radius 1 is 1.44 bits per heavy atom. The Hall–Kier alpha value is -1.93. The molecule has 2 aromatic heterocycles. The lowest BCUT2D eigenvalue weighted by Gasteiger charge is -2.09. The van der Waals surface area contributed by atoms with Crippen molar-refractivity contribution in [2.45, 2.75) is 12.8 Å². The molecule has 5 heteroatoms. The first-order valence-electron chi connectivity index (χ1n) is 5.79. The van der Waals surface area contributed by atoms with Crippen molar-refractivity contribution >= 4 is 27.5 Å². The fourth-order valence-electron chi connectivity index (χ4n) is 1.97. The highest BCUT2D eigenvalue weighted by atomic mass is 32.1. The highest BCUT2D eigenvalue weighted by Crippen LogP contribution is 2.20. The van der Waals surface area contributed by atoms with Crippen LogP contribution in [0.15, 0.2) is 17.8 Å². The number of rotatable bonds is 1. The zero-order valence-corrected chi connectivity index (χ0v) is 10.5. The van der Waals surface area contributed by atoms with Crippen molar-refractivity contribution in [3.8, 4) is 11.8 Å². The molecule has 4 nitrogen and oxygen atoms in total. The standard InChI is InChI=1S/C13H11N3OS/c17-12-4-2-7-16(12)6-1-3-10-13-11(5-8-18-13)15-9-14-10/h5,8-9H,2,4,6-7H2. The van der Waals surface area contributed by atoms with Gasteiger partial charge in [-0.05, 0) is 23.8 Å². The van der Waals surface area contributed by atoms with E-state index >= 15 is 0 Å². The molecular weight excluding hydrogens is 246 g/mol. The minimum absolute atomic E-state index is 0.202. The largest absolute Gasteiger partial charge is 0.332 e. The Bertz CT molecular complexity index is 653. The van der Waals surface area contributed by atoms with Gasteiger partial charge in [0.15, 0.2) is 0 Å². The molecule has 3 rings (SSSR count). The molecule has 1 aliphatic heterocycles. The van der Waals surface area contributed by atoms with Gasteiger partial charge in [-0.15, -0.1) is 11.3 Å². The fraction of sp³-hybridized carbons (Fsp3) is 0.308. The molecule has 90 valence electrons. The molecule has 0 radical (unpaired) electrons. The molecule has 2 aromatic rings. The summed E-state index contributed by atoms with van der Waals surface area (Å²) in [6, 6.07) is 1.96. The van der Waals surface area contributed by atoms with Crippen molar-refractivity contribution in [2.24, 2.45) is 0 Å². The minimum atomic E-state index is 0.202. The van der Waals surface area contributed by atoms with Crippen molar-refractivity contribution in [2.75, 3.05) is 13.1 Å². The van der Waals surface area contributed by atoms with Gasteiger partial charge in [0.05, 0.1) is 16.8 Å². The van der Waals surface area contributed by atoms with Crippen molar-refractivity contribution in [1.82, 2.24) is 14.9 Å². The van der Waals surface area contributed by atoms with Crippen LogP contribution in [0.1, 0.15) is 18.5 Å². The number of aromatic nitrogens is 2. The maximum Gasteiger partial charge on any atom is 0.223 e. The summed E-state index contributed by atoms with van der Waals surface area (Å²) in [7, 11) is 0. The third-order valence-corrected chi connectivity index (χ3v) is 3.80. The van der Waals surface area contributed by atoms with E-state index in [0.717, 1.165) is 28.9 Å². The summed E-state index contributed by atoms with van der Waals surface area (Å²) >= 11 is 1.59. The molecule has 0 N–H and O–H groups in total. The summed E-state index contributed by atoms with van der Waals surface area (Å²) < 4.78 is 1.01. The predicted molar refractivity (Wildman–Crippen MR) is 70.1 cm³/mol. The van der Waals surface area contributed by atoms with Crippen molar-refractivity contribution < 1.29 is 4.79 Å². The van der Waals surface area contributed by atoms with Crippen LogP contribution in [0.4, 0.5) is 0 Å². The third-order valence-electron chi connectivity index (χ3n) is 2.89. The minimum Gasteiger partial charge on any atom is -0.332 e. The van der Waals surface area contributed by atoms with Crippen LogP contribution >= 0.6 is 11.3 Å². The summed E-state index contributed by atoms with van der Waals surface area (Å²) in [5.41, 5.74) is 1.68. The van der Waals surface area contributed by atoms with Gasteiger partial charge >= 0.3 is 0 Å². The summed E-state index contributed by atoms with van der Waals surface area (Å²) in [4.78, 5) is 21.6. The van der Waals surface area contributed by atoms with Crippen LogP contribution in [0.25, 0.3) is 10.2 Å². The first-order valence-corrected chi connectivity index (χ1v) is 6.67. The predicted octanol–water partition coefficient (Wildman–Crippen LogP) is 1.67. The zero-order valence-electron chi connectivity index (χ0n) is 9.72. The second kappa shape index (κ2) is 4.75. The monoisotopic (exact) mass is 257 g/mol. The highest BCUT2D eigenvalue weighted by Gasteiger charge is 2.18. The summed E-state index contributed by atoms with van der Waals surface area (Å²) in [6.07, 6.45) is 3.13. The van der Waals surface area contributed by atoms with Gasteiger partial charge < -0.3 is 4.90 Å². The quantitative estimate of drug-likeness (QED) is 0.730. The van der Waals surface area contributed by atoms with Crippen LogP contribution in [-0.4, -0.2) is 33.9 Å². The number of likely N-dealkylation sites (tertiary alicyclic amines) is 1. The molecule has 1 amide bonds. The molecule has 0 bridgehead atoms. The van der Waals surface area contributed by atoms with E-state index in [1.807, 2.05) is 11.4 Å². The van der Waals surface area contributed by atoms with E-state index < -0.39 is 0 Å². The molecule has 3 heterocycles. The van der Waals surface area contributed by atoms with Crippen LogP contribution in [0.5, 0.6) is 0 Å². The van der Waals surface area contributed by atoms with Crippen molar-refractivity contribution in [3.63, 3.8) is 0 Å². The fourth-order valence-corrected chi connectivity index (χ4v) is 2.76. The number of hydrogen-bond acceptors (Lipinski definition) is 4. The molecule has 1 saturated heterocycles. The highest BCUT2D eigenvalue weighted by molar-refractivity contribution is 7.17. The topological polar surface area (TPSA) is 46.1 Å². The van der Waals surface area contributed by atoms with Gasteiger partial charge in [0, 0.05) is 13.0 Å². The molecular formula is C13H11N3OS. The Kier molecular flexibility index (Phi) is 2.95. The maximum atomic E-state index is 11.4. The number of carbonyl (C=O) groups excluding carboxylic acids is 1. The Balaban J connectivity index is 1.80. The average Bonchev–Trinajstić information content (AvgIpc) is 2.99. The lowest BCUT2D eigenvalue weighted by molar-refractivity contribution is -0.127. The van der Waals surface area contributed by atoms with Crippen LogP contribution in [0.2, 0.25) is 0 Å². The molecule has 18 heavy (non-hydrogen) atoms. The van der Waals surface area contributed by atoms with Crippen LogP contribution in [0.3, 0.4) is 0 Å². The summed E-state index contributed by atoms with van der Waals surface area (Å²) in [6.45, 7) is 1.32. The Morgan fingerprint density at radius 2 is 2.39 bits per heavy atom. The van der Waals surface area contributed by atoms with Gasteiger partial charge in [-0.2, -0.15) is 0 Å². The third kappa shape index (κ3) is 2.07. The first kappa shape index (κ1) is 11.2. The average molecular weight is 257 g/mol. The van der Waals surface area contributed by atoms with E-state index in [4.69, 9.17) is 0 Å². The van der Waals surface area contributed by atoms with E-state index in [2.05, 4.69) is 21.8 Å². The van der Waals surface area contributed by atoms with Crippen molar-refractivity contribution in [3.05, 3.63) is 23.5 Å². The molecule has 0 unspecified atom stereocenters. The molecule has 0 spiro atoms. The lowest BCUT2D eigenvalue weighted by Crippen LogP contribution is -2.24. The summed E-state index contributed by atoms with van der Waals surface area (Å²) in [5, 5.41) is 1.98. The van der Waals surface area contributed by atoms with Crippen molar-refractivity contribution in [1.29, 1.82) is 0 Å². The van der Waals surface area contributed by atoms with Gasteiger partial charge in [0.1, 0.15) is 12.0 Å². The molecule has 0 aromatic carbocycles. The number of carbonyl (C=O) groups is 1. The van der Waals surface area contributed by atoms with Crippen LogP contribution in [0, 0.1) is 11.8 Å². The number of nitrogens with zero attached hydrogens (tertiary/aromatic N) is 3. The molecule has 1 aliphatic rings. The molecule has 1 fully saturated rings. The van der Waals surface area contributed by atoms with E-state index in [1.165, 1.54) is 6.33 Å². The number of hydrogen-bond donors (Lipinski definition) is 0.